The Bertz CT molecular complexity index is 778. The van der Waals surface area contributed by atoms with E-state index in [-0.39, 0.29) is 5.91 Å². The summed E-state index contributed by atoms with van der Waals surface area (Å²) in [5, 5.41) is 2.80. The van der Waals surface area contributed by atoms with Crippen molar-refractivity contribution >= 4 is 22.8 Å². The number of nitrogens with zero attached hydrogens (tertiary/aromatic N) is 2. The monoisotopic (exact) mass is 324 g/mol. The number of carbonyl (C=O) groups is 1. The van der Waals surface area contributed by atoms with Crippen molar-refractivity contribution in [3.63, 3.8) is 0 Å². The van der Waals surface area contributed by atoms with Crippen LogP contribution in [0, 0.1) is 0 Å². The molecule has 0 saturated heterocycles. The van der Waals surface area contributed by atoms with Crippen LogP contribution in [-0.2, 0) is 9.53 Å². The lowest BCUT2D eigenvalue weighted by molar-refractivity contribution is -0.116. The van der Waals surface area contributed by atoms with Crippen molar-refractivity contribution in [1.82, 2.24) is 15.0 Å². The normalized spacial score (nSPS) is 10.9. The zero-order chi connectivity index (χ0) is 16.8. The van der Waals surface area contributed by atoms with Gasteiger partial charge in [0.2, 0.25) is 5.91 Å². The lowest BCUT2D eigenvalue weighted by atomic mass is 10.2. The van der Waals surface area contributed by atoms with Crippen LogP contribution in [0.3, 0.4) is 0 Å². The van der Waals surface area contributed by atoms with Gasteiger partial charge in [0.25, 0.3) is 0 Å². The standard InChI is InChI=1S/C18H20N4O2/c1-24-11-5-4-8-17(23)22-16-10-9-13(12-19-16)18-20-14-6-2-3-7-15(14)21-18/h2-3,6-7,9-10,12H,4-5,8,11H2,1H3,(H,20,21)(H,19,22,23). The van der Waals surface area contributed by atoms with Gasteiger partial charge in [-0.15, -0.1) is 0 Å². The third-order valence-electron chi connectivity index (χ3n) is 3.70. The molecule has 0 bridgehead atoms. The number of aromatic amines is 1. The predicted octanol–water partition coefficient (Wildman–Crippen LogP) is 3.38. The Balaban J connectivity index is 1.61. The number of benzene rings is 1. The summed E-state index contributed by atoms with van der Waals surface area (Å²) in [6.07, 6.45) is 3.85. The number of aromatic nitrogens is 3. The smallest absolute Gasteiger partial charge is 0.225 e. The van der Waals surface area contributed by atoms with Crippen LogP contribution < -0.4 is 5.32 Å². The van der Waals surface area contributed by atoms with E-state index in [0.29, 0.717) is 18.8 Å². The van der Waals surface area contributed by atoms with Gasteiger partial charge in [0.05, 0.1) is 11.0 Å². The summed E-state index contributed by atoms with van der Waals surface area (Å²) in [5.74, 6) is 1.28. The molecule has 0 spiro atoms. The highest BCUT2D eigenvalue weighted by Crippen LogP contribution is 2.20. The van der Waals surface area contributed by atoms with E-state index in [1.54, 1.807) is 19.4 Å². The van der Waals surface area contributed by atoms with Crippen LogP contribution in [-0.4, -0.2) is 34.6 Å². The second-order valence-electron chi connectivity index (χ2n) is 5.53. The summed E-state index contributed by atoms with van der Waals surface area (Å²) in [7, 11) is 1.66. The van der Waals surface area contributed by atoms with E-state index in [1.807, 2.05) is 30.3 Å². The van der Waals surface area contributed by atoms with Crippen molar-refractivity contribution in [1.29, 1.82) is 0 Å². The van der Waals surface area contributed by atoms with Crippen LogP contribution in [0.4, 0.5) is 5.82 Å². The van der Waals surface area contributed by atoms with Gasteiger partial charge < -0.3 is 15.0 Å². The number of methoxy groups -OCH3 is 1. The molecule has 3 rings (SSSR count). The van der Waals surface area contributed by atoms with E-state index in [9.17, 15) is 4.79 Å². The van der Waals surface area contributed by atoms with E-state index >= 15 is 0 Å². The molecule has 0 aliphatic heterocycles. The largest absolute Gasteiger partial charge is 0.385 e. The average Bonchev–Trinajstić information content (AvgIpc) is 3.03. The highest BCUT2D eigenvalue weighted by molar-refractivity contribution is 5.89. The number of nitrogens with one attached hydrogen (secondary N) is 2. The molecule has 0 unspecified atom stereocenters. The van der Waals surface area contributed by atoms with Gasteiger partial charge in [-0.3, -0.25) is 4.79 Å². The fraction of sp³-hybridized carbons (Fsp3) is 0.278. The Morgan fingerprint density at radius 1 is 1.21 bits per heavy atom. The zero-order valence-corrected chi connectivity index (χ0v) is 13.6. The number of amides is 1. The van der Waals surface area contributed by atoms with Gasteiger partial charge in [-0.25, -0.2) is 9.97 Å². The van der Waals surface area contributed by atoms with Gasteiger partial charge in [-0.05, 0) is 37.1 Å². The van der Waals surface area contributed by atoms with Crippen LogP contribution in [0.2, 0.25) is 0 Å². The minimum Gasteiger partial charge on any atom is -0.385 e. The van der Waals surface area contributed by atoms with Gasteiger partial charge in [0.1, 0.15) is 11.6 Å². The summed E-state index contributed by atoms with van der Waals surface area (Å²) in [6, 6.07) is 11.5. The predicted molar refractivity (Wildman–Crippen MR) is 93.7 cm³/mol. The lowest BCUT2D eigenvalue weighted by Gasteiger charge is -2.05. The maximum Gasteiger partial charge on any atom is 0.225 e. The first-order chi connectivity index (χ1) is 11.8. The average molecular weight is 324 g/mol. The molecule has 24 heavy (non-hydrogen) atoms. The minimum absolute atomic E-state index is 0.0323. The van der Waals surface area contributed by atoms with Crippen molar-refractivity contribution in [2.75, 3.05) is 19.0 Å². The number of rotatable bonds is 7. The molecule has 2 aromatic heterocycles. The molecule has 2 heterocycles. The molecule has 1 amide bonds. The molecule has 0 atom stereocenters. The number of hydrogen-bond acceptors (Lipinski definition) is 4. The van der Waals surface area contributed by atoms with Gasteiger partial charge in [-0.1, -0.05) is 12.1 Å². The Morgan fingerprint density at radius 3 is 2.83 bits per heavy atom. The summed E-state index contributed by atoms with van der Waals surface area (Å²) in [4.78, 5) is 23.9. The Labute approximate surface area is 140 Å². The third kappa shape index (κ3) is 3.97. The van der Waals surface area contributed by atoms with Crippen molar-refractivity contribution in [3.05, 3.63) is 42.6 Å². The second-order valence-corrected chi connectivity index (χ2v) is 5.53. The fourth-order valence-electron chi connectivity index (χ4n) is 2.43. The Kier molecular flexibility index (Phi) is 5.18. The van der Waals surface area contributed by atoms with Crippen LogP contribution in [0.5, 0.6) is 0 Å². The molecule has 1 aromatic carbocycles. The van der Waals surface area contributed by atoms with E-state index in [0.717, 1.165) is 35.3 Å². The number of fused-ring (bicyclic) bond motifs is 1. The van der Waals surface area contributed by atoms with E-state index in [2.05, 4.69) is 20.3 Å². The molecule has 0 fully saturated rings. The molecule has 0 aliphatic carbocycles. The number of hydrogen-bond donors (Lipinski definition) is 2. The molecular formula is C18H20N4O2. The number of anilines is 1. The number of carbonyl (C=O) groups excluding carboxylic acids is 1. The highest BCUT2D eigenvalue weighted by atomic mass is 16.5. The SMILES string of the molecule is COCCCCC(=O)Nc1ccc(-c2nc3ccccc3[nH]2)cn1. The Morgan fingerprint density at radius 2 is 2.08 bits per heavy atom. The fourth-order valence-corrected chi connectivity index (χ4v) is 2.43. The lowest BCUT2D eigenvalue weighted by Crippen LogP contribution is -2.12. The first-order valence-electron chi connectivity index (χ1n) is 7.96. The quantitative estimate of drug-likeness (QED) is 0.653. The molecule has 124 valence electrons. The second kappa shape index (κ2) is 7.70. The number of imidazole rings is 1. The van der Waals surface area contributed by atoms with Crippen molar-refractivity contribution < 1.29 is 9.53 Å². The topological polar surface area (TPSA) is 79.9 Å². The maximum atomic E-state index is 11.8. The van der Waals surface area contributed by atoms with Crippen molar-refractivity contribution in [2.45, 2.75) is 19.3 Å². The molecule has 3 aromatic rings. The number of pyridine rings is 1. The minimum atomic E-state index is -0.0323. The third-order valence-corrected chi connectivity index (χ3v) is 3.70. The number of para-hydroxylation sites is 2. The zero-order valence-electron chi connectivity index (χ0n) is 13.6. The van der Waals surface area contributed by atoms with Crippen molar-refractivity contribution in [2.24, 2.45) is 0 Å². The number of unbranched alkanes of at least 4 members (excludes halogenated alkanes) is 1. The molecule has 6 nitrogen and oxygen atoms in total. The summed E-state index contributed by atoms with van der Waals surface area (Å²) in [5.41, 5.74) is 2.78. The van der Waals surface area contributed by atoms with Gasteiger partial charge >= 0.3 is 0 Å². The summed E-state index contributed by atoms with van der Waals surface area (Å²) >= 11 is 0. The highest BCUT2D eigenvalue weighted by Gasteiger charge is 2.07. The van der Waals surface area contributed by atoms with E-state index in [4.69, 9.17) is 4.74 Å². The van der Waals surface area contributed by atoms with Gasteiger partial charge in [0, 0.05) is 31.9 Å². The van der Waals surface area contributed by atoms with Crippen LogP contribution in [0.25, 0.3) is 22.4 Å². The molecule has 6 heteroatoms. The van der Waals surface area contributed by atoms with Crippen LogP contribution in [0.1, 0.15) is 19.3 Å². The summed E-state index contributed by atoms with van der Waals surface area (Å²) in [6.45, 7) is 0.678. The van der Waals surface area contributed by atoms with E-state index in [1.165, 1.54) is 0 Å². The number of ether oxygens (including phenoxy) is 1. The molecule has 0 radical (unpaired) electrons. The first kappa shape index (κ1) is 16.1. The Hall–Kier alpha value is -2.73. The van der Waals surface area contributed by atoms with Gasteiger partial charge in [0.15, 0.2) is 0 Å². The molecular weight excluding hydrogens is 304 g/mol. The molecule has 0 saturated carbocycles. The number of H-pyrrole nitrogens is 1. The van der Waals surface area contributed by atoms with Crippen LogP contribution in [0.15, 0.2) is 42.6 Å². The van der Waals surface area contributed by atoms with Crippen molar-refractivity contribution in [3.8, 4) is 11.4 Å². The van der Waals surface area contributed by atoms with Gasteiger partial charge in [-0.2, -0.15) is 0 Å². The molecule has 2 N–H and O–H groups in total. The maximum absolute atomic E-state index is 11.8. The first-order valence-corrected chi connectivity index (χ1v) is 7.96. The van der Waals surface area contributed by atoms with E-state index < -0.39 is 0 Å². The summed E-state index contributed by atoms with van der Waals surface area (Å²) < 4.78 is 4.97. The van der Waals surface area contributed by atoms with Crippen LogP contribution >= 0.6 is 0 Å². The molecule has 0 aliphatic rings.